The van der Waals surface area contributed by atoms with Crippen LogP contribution in [0, 0.1) is 0 Å². The Morgan fingerprint density at radius 1 is 1.14 bits per heavy atom. The van der Waals surface area contributed by atoms with E-state index in [0.717, 1.165) is 12.0 Å². The molecule has 0 heterocycles. The molecule has 1 atom stereocenters. The van der Waals surface area contributed by atoms with E-state index in [1.54, 1.807) is 13.0 Å². The minimum absolute atomic E-state index is 0.162. The molecule has 0 aliphatic carbocycles. The Hall–Kier alpha value is -2.10. The van der Waals surface area contributed by atoms with Crippen molar-refractivity contribution in [2.75, 3.05) is 6.54 Å². The first kappa shape index (κ1) is 18.0. The third-order valence-corrected chi connectivity index (χ3v) is 3.33. The van der Waals surface area contributed by atoms with E-state index >= 15 is 0 Å². The lowest BCUT2D eigenvalue weighted by Crippen LogP contribution is -2.44. The fourth-order valence-corrected chi connectivity index (χ4v) is 1.89. The molecule has 4 nitrogen and oxygen atoms in total. The van der Waals surface area contributed by atoms with Gasteiger partial charge in [-0.15, -0.1) is 0 Å². The van der Waals surface area contributed by atoms with Crippen molar-refractivity contribution in [1.29, 1.82) is 0 Å². The van der Waals surface area contributed by atoms with Gasteiger partial charge in [0.25, 0.3) is 0 Å². The molecule has 22 heavy (non-hydrogen) atoms. The van der Waals surface area contributed by atoms with Crippen LogP contribution in [0.4, 0.5) is 0 Å². The number of carbonyl (C=O) groups is 2. The zero-order valence-corrected chi connectivity index (χ0v) is 13.8. The number of rotatable bonds is 7. The van der Waals surface area contributed by atoms with Gasteiger partial charge in [0.2, 0.25) is 11.8 Å². The molecule has 4 heteroatoms. The second kappa shape index (κ2) is 9.03. The lowest BCUT2D eigenvalue weighted by atomic mass is 10.0. The number of hydrogen-bond acceptors (Lipinski definition) is 2. The minimum Gasteiger partial charge on any atom is -0.354 e. The number of benzene rings is 1. The normalized spacial score (nSPS) is 12.4. The van der Waals surface area contributed by atoms with Crippen LogP contribution in [0.15, 0.2) is 30.3 Å². The van der Waals surface area contributed by atoms with Gasteiger partial charge in [-0.2, -0.15) is 0 Å². The molecule has 0 unspecified atom stereocenters. The fraction of sp³-hybridized carbons (Fsp3) is 0.444. The van der Waals surface area contributed by atoms with Gasteiger partial charge in [0, 0.05) is 12.6 Å². The molecule has 1 aromatic carbocycles. The van der Waals surface area contributed by atoms with Gasteiger partial charge < -0.3 is 10.6 Å². The van der Waals surface area contributed by atoms with E-state index in [1.165, 1.54) is 11.6 Å². The predicted octanol–water partition coefficient (Wildman–Crippen LogP) is 2.85. The van der Waals surface area contributed by atoms with Crippen LogP contribution in [0.2, 0.25) is 0 Å². The maximum Gasteiger partial charge on any atom is 0.244 e. The van der Waals surface area contributed by atoms with Crippen molar-refractivity contribution in [1.82, 2.24) is 10.6 Å². The molecule has 0 aliphatic heterocycles. The zero-order chi connectivity index (χ0) is 16.5. The summed E-state index contributed by atoms with van der Waals surface area (Å²) in [5.41, 5.74) is 2.23. The van der Waals surface area contributed by atoms with Gasteiger partial charge in [0.15, 0.2) is 0 Å². The highest BCUT2D eigenvalue weighted by molar-refractivity contribution is 5.95. The molecule has 0 saturated carbocycles. The molecule has 0 radical (unpaired) electrons. The average molecular weight is 302 g/mol. The van der Waals surface area contributed by atoms with Crippen LogP contribution in [0.25, 0.3) is 6.08 Å². The van der Waals surface area contributed by atoms with Gasteiger partial charge in [-0.3, -0.25) is 9.59 Å². The van der Waals surface area contributed by atoms with Crippen molar-refractivity contribution in [3.63, 3.8) is 0 Å². The monoisotopic (exact) mass is 302 g/mol. The van der Waals surface area contributed by atoms with Crippen LogP contribution < -0.4 is 10.6 Å². The molecule has 1 aromatic rings. The average Bonchev–Trinajstić information content (AvgIpc) is 2.50. The Kier molecular flexibility index (Phi) is 7.37. The molecule has 0 bridgehead atoms. The second-order valence-corrected chi connectivity index (χ2v) is 5.68. The first-order valence-electron chi connectivity index (χ1n) is 7.80. The van der Waals surface area contributed by atoms with Crippen LogP contribution in [-0.2, 0) is 9.59 Å². The van der Waals surface area contributed by atoms with Crippen molar-refractivity contribution in [3.05, 3.63) is 41.5 Å². The smallest absolute Gasteiger partial charge is 0.244 e. The quantitative estimate of drug-likeness (QED) is 0.761. The van der Waals surface area contributed by atoms with Gasteiger partial charge in [-0.05, 0) is 36.5 Å². The van der Waals surface area contributed by atoms with Crippen LogP contribution >= 0.6 is 0 Å². The summed E-state index contributed by atoms with van der Waals surface area (Å²) < 4.78 is 0. The molecule has 0 fully saturated rings. The SMILES string of the molecule is CCCNC(=O)[C@@H](C)NC(=O)/C=C/c1ccc(C(C)C)cc1. The first-order chi connectivity index (χ1) is 10.4. The molecule has 0 aliphatic rings. The summed E-state index contributed by atoms with van der Waals surface area (Å²) >= 11 is 0. The molecule has 0 spiro atoms. The van der Waals surface area contributed by atoms with Crippen molar-refractivity contribution >= 4 is 17.9 Å². The molecular formula is C18H26N2O2. The van der Waals surface area contributed by atoms with Gasteiger partial charge in [-0.1, -0.05) is 45.0 Å². The summed E-state index contributed by atoms with van der Waals surface area (Å²) in [4.78, 5) is 23.5. The molecule has 1 rings (SSSR count). The summed E-state index contributed by atoms with van der Waals surface area (Å²) in [7, 11) is 0. The molecule has 2 N–H and O–H groups in total. The molecule has 2 amide bonds. The molecule has 0 aromatic heterocycles. The Bertz CT molecular complexity index is 518. The van der Waals surface area contributed by atoms with Gasteiger partial charge in [-0.25, -0.2) is 0 Å². The Morgan fingerprint density at radius 2 is 1.77 bits per heavy atom. The van der Waals surface area contributed by atoms with Crippen LogP contribution in [0.5, 0.6) is 0 Å². The predicted molar refractivity (Wildman–Crippen MR) is 90.5 cm³/mol. The lowest BCUT2D eigenvalue weighted by Gasteiger charge is -2.12. The number of hydrogen-bond donors (Lipinski definition) is 2. The number of amides is 2. The van der Waals surface area contributed by atoms with Gasteiger partial charge >= 0.3 is 0 Å². The third-order valence-electron chi connectivity index (χ3n) is 3.33. The summed E-state index contributed by atoms with van der Waals surface area (Å²) in [5, 5.41) is 5.40. The fourth-order valence-electron chi connectivity index (χ4n) is 1.89. The van der Waals surface area contributed by atoms with E-state index in [-0.39, 0.29) is 11.8 Å². The number of nitrogens with one attached hydrogen (secondary N) is 2. The first-order valence-corrected chi connectivity index (χ1v) is 7.80. The van der Waals surface area contributed by atoms with E-state index in [0.29, 0.717) is 12.5 Å². The standard InChI is InChI=1S/C18H26N2O2/c1-5-12-19-18(22)14(4)20-17(21)11-8-15-6-9-16(10-7-15)13(2)3/h6-11,13-14H,5,12H2,1-4H3,(H,19,22)(H,20,21)/b11-8+/t14-/m1/s1. The van der Waals surface area contributed by atoms with E-state index < -0.39 is 6.04 Å². The Morgan fingerprint density at radius 3 is 2.32 bits per heavy atom. The van der Waals surface area contributed by atoms with Crippen molar-refractivity contribution < 1.29 is 9.59 Å². The van der Waals surface area contributed by atoms with Crippen molar-refractivity contribution in [2.24, 2.45) is 0 Å². The maximum atomic E-state index is 11.8. The number of carbonyl (C=O) groups excluding carboxylic acids is 2. The summed E-state index contributed by atoms with van der Waals surface area (Å²) in [6.07, 6.45) is 4.07. The summed E-state index contributed by atoms with van der Waals surface area (Å²) in [6, 6.07) is 7.55. The van der Waals surface area contributed by atoms with Crippen molar-refractivity contribution in [2.45, 2.75) is 46.1 Å². The van der Waals surface area contributed by atoms with Gasteiger partial charge in [0.05, 0.1) is 0 Å². The summed E-state index contributed by atoms with van der Waals surface area (Å²) in [6.45, 7) is 8.56. The van der Waals surface area contributed by atoms with Crippen molar-refractivity contribution in [3.8, 4) is 0 Å². The van der Waals surface area contributed by atoms with E-state index in [4.69, 9.17) is 0 Å². The maximum absolute atomic E-state index is 11.8. The lowest BCUT2D eigenvalue weighted by molar-refractivity contribution is -0.126. The highest BCUT2D eigenvalue weighted by atomic mass is 16.2. The summed E-state index contributed by atoms with van der Waals surface area (Å²) in [5.74, 6) is 0.0563. The highest BCUT2D eigenvalue weighted by Gasteiger charge is 2.12. The van der Waals surface area contributed by atoms with E-state index in [1.807, 2.05) is 19.1 Å². The largest absolute Gasteiger partial charge is 0.354 e. The third kappa shape index (κ3) is 6.12. The van der Waals surface area contributed by atoms with Crippen LogP contribution in [-0.4, -0.2) is 24.4 Å². The minimum atomic E-state index is -0.535. The molecule has 120 valence electrons. The Labute approximate surface area is 133 Å². The molecular weight excluding hydrogens is 276 g/mol. The zero-order valence-electron chi connectivity index (χ0n) is 13.8. The van der Waals surface area contributed by atoms with Gasteiger partial charge in [0.1, 0.15) is 6.04 Å². The highest BCUT2D eigenvalue weighted by Crippen LogP contribution is 2.15. The van der Waals surface area contributed by atoms with Crippen LogP contribution in [0.1, 0.15) is 51.2 Å². The molecule has 0 saturated heterocycles. The Balaban J connectivity index is 2.51. The topological polar surface area (TPSA) is 58.2 Å². The second-order valence-electron chi connectivity index (χ2n) is 5.68. The van der Waals surface area contributed by atoms with E-state index in [9.17, 15) is 9.59 Å². The van der Waals surface area contributed by atoms with Crippen LogP contribution in [0.3, 0.4) is 0 Å². The van der Waals surface area contributed by atoms with E-state index in [2.05, 4.69) is 36.6 Å².